The van der Waals surface area contributed by atoms with Crippen LogP contribution in [0.1, 0.15) is 11.1 Å². The van der Waals surface area contributed by atoms with Crippen LogP contribution in [0.5, 0.6) is 11.5 Å². The zero-order chi connectivity index (χ0) is 13.7. The van der Waals surface area contributed by atoms with Gasteiger partial charge in [-0.25, -0.2) is 0 Å². The highest BCUT2D eigenvalue weighted by Gasteiger charge is 2.07. The lowest BCUT2D eigenvalue weighted by molar-refractivity contribution is 0.301. The van der Waals surface area contributed by atoms with Crippen LogP contribution in [0.3, 0.4) is 0 Å². The van der Waals surface area contributed by atoms with Crippen molar-refractivity contribution in [3.8, 4) is 11.5 Å². The first-order valence-electron chi connectivity index (χ1n) is 5.68. The van der Waals surface area contributed by atoms with E-state index in [1.807, 2.05) is 24.3 Å². The van der Waals surface area contributed by atoms with Crippen LogP contribution in [0.15, 0.2) is 36.7 Å². The van der Waals surface area contributed by atoms with E-state index in [1.165, 1.54) is 0 Å². The average molecular weight is 298 g/mol. The lowest BCUT2D eigenvalue weighted by atomic mass is 10.2. The Bertz CT molecular complexity index is 561. The maximum absolute atomic E-state index is 6.03. The fraction of sp³-hybridized carbons (Fsp3) is 0.214. The molecule has 0 aliphatic heterocycles. The molecule has 1 aromatic carbocycles. The second-order valence-electron chi connectivity index (χ2n) is 3.86. The quantitative estimate of drug-likeness (QED) is 0.780. The van der Waals surface area contributed by atoms with E-state index in [1.54, 1.807) is 19.5 Å². The average Bonchev–Trinajstić information content (AvgIpc) is 2.46. The van der Waals surface area contributed by atoms with Gasteiger partial charge in [0.05, 0.1) is 18.0 Å². The molecule has 0 unspecified atom stereocenters. The molecule has 3 nitrogen and oxygen atoms in total. The first-order valence-corrected chi connectivity index (χ1v) is 6.60. The molecule has 2 rings (SSSR count). The van der Waals surface area contributed by atoms with E-state index < -0.39 is 0 Å². The van der Waals surface area contributed by atoms with Gasteiger partial charge in [0.15, 0.2) is 0 Å². The first kappa shape index (κ1) is 14.0. The fourth-order valence-corrected chi connectivity index (χ4v) is 1.98. The number of pyridine rings is 1. The van der Waals surface area contributed by atoms with Crippen LogP contribution in [-0.2, 0) is 12.5 Å². The summed E-state index contributed by atoms with van der Waals surface area (Å²) in [6, 6.07) is 7.37. The Hall–Kier alpha value is -1.45. The van der Waals surface area contributed by atoms with Crippen molar-refractivity contribution in [3.63, 3.8) is 0 Å². The Morgan fingerprint density at radius 1 is 1.21 bits per heavy atom. The van der Waals surface area contributed by atoms with Crippen LogP contribution >= 0.6 is 23.2 Å². The number of hydrogen-bond acceptors (Lipinski definition) is 3. The lowest BCUT2D eigenvalue weighted by Gasteiger charge is -2.12. The largest absolute Gasteiger partial charge is 0.497 e. The molecule has 0 fully saturated rings. The minimum Gasteiger partial charge on any atom is -0.497 e. The van der Waals surface area contributed by atoms with Crippen LogP contribution in [0.2, 0.25) is 5.02 Å². The minimum absolute atomic E-state index is 0.360. The molecule has 0 amide bonds. The standard InChI is InChI=1S/C14H13Cl2NO2/c1-18-12-3-2-10(7-15)14(6-12)19-9-11-4-5-17-8-13(11)16/h2-6,8H,7,9H2,1H3. The highest BCUT2D eigenvalue weighted by Crippen LogP contribution is 2.27. The molecule has 1 heterocycles. The van der Waals surface area contributed by atoms with E-state index in [-0.39, 0.29) is 0 Å². The molecule has 0 spiro atoms. The number of rotatable bonds is 5. The fourth-order valence-electron chi connectivity index (χ4n) is 1.58. The van der Waals surface area contributed by atoms with Gasteiger partial charge in [0.25, 0.3) is 0 Å². The Balaban J connectivity index is 2.16. The molecule has 19 heavy (non-hydrogen) atoms. The summed E-state index contributed by atoms with van der Waals surface area (Å²) in [5.41, 5.74) is 1.78. The van der Waals surface area contributed by atoms with Gasteiger partial charge in [-0.15, -0.1) is 11.6 Å². The van der Waals surface area contributed by atoms with Gasteiger partial charge in [-0.3, -0.25) is 4.98 Å². The zero-order valence-corrected chi connectivity index (χ0v) is 11.9. The Labute approximate surface area is 122 Å². The van der Waals surface area contributed by atoms with Gasteiger partial charge >= 0.3 is 0 Å². The van der Waals surface area contributed by atoms with Gasteiger partial charge in [0.1, 0.15) is 18.1 Å². The number of nitrogens with zero attached hydrogens (tertiary/aromatic N) is 1. The molecule has 1 aromatic heterocycles. The molecule has 0 bridgehead atoms. The van der Waals surface area contributed by atoms with Gasteiger partial charge in [-0.1, -0.05) is 17.7 Å². The summed E-state index contributed by atoms with van der Waals surface area (Å²) in [6.07, 6.45) is 3.27. The molecule has 0 radical (unpaired) electrons. The van der Waals surface area contributed by atoms with Gasteiger partial charge in [0, 0.05) is 29.6 Å². The molecule has 0 atom stereocenters. The minimum atomic E-state index is 0.360. The van der Waals surface area contributed by atoms with E-state index in [4.69, 9.17) is 32.7 Å². The second-order valence-corrected chi connectivity index (χ2v) is 4.54. The van der Waals surface area contributed by atoms with Crippen LogP contribution < -0.4 is 9.47 Å². The zero-order valence-electron chi connectivity index (χ0n) is 10.4. The third-order valence-corrected chi connectivity index (χ3v) is 3.29. The number of alkyl halides is 1. The van der Waals surface area contributed by atoms with Crippen LogP contribution in [0.4, 0.5) is 0 Å². The molecular weight excluding hydrogens is 285 g/mol. The summed E-state index contributed by atoms with van der Waals surface area (Å²) in [5.74, 6) is 1.80. The Morgan fingerprint density at radius 3 is 2.74 bits per heavy atom. The van der Waals surface area contributed by atoms with Crippen molar-refractivity contribution in [2.45, 2.75) is 12.5 Å². The maximum Gasteiger partial charge on any atom is 0.127 e. The number of benzene rings is 1. The summed E-state index contributed by atoms with van der Waals surface area (Å²) >= 11 is 11.9. The lowest BCUT2D eigenvalue weighted by Crippen LogP contribution is -1.99. The van der Waals surface area contributed by atoms with Crippen molar-refractivity contribution in [2.75, 3.05) is 7.11 Å². The topological polar surface area (TPSA) is 31.4 Å². The third kappa shape index (κ3) is 3.52. The van der Waals surface area contributed by atoms with Gasteiger partial charge < -0.3 is 9.47 Å². The molecule has 0 aliphatic rings. The predicted molar refractivity (Wildman–Crippen MR) is 76.1 cm³/mol. The van der Waals surface area contributed by atoms with Gasteiger partial charge in [-0.05, 0) is 12.1 Å². The van der Waals surface area contributed by atoms with E-state index in [2.05, 4.69) is 4.98 Å². The van der Waals surface area contributed by atoms with Crippen molar-refractivity contribution in [3.05, 3.63) is 52.8 Å². The van der Waals surface area contributed by atoms with Crippen molar-refractivity contribution in [1.82, 2.24) is 4.98 Å². The first-order chi connectivity index (χ1) is 9.24. The maximum atomic E-state index is 6.03. The number of halogens is 2. The van der Waals surface area contributed by atoms with E-state index in [0.717, 1.165) is 16.9 Å². The number of hydrogen-bond donors (Lipinski definition) is 0. The Morgan fingerprint density at radius 2 is 2.05 bits per heavy atom. The smallest absolute Gasteiger partial charge is 0.127 e. The van der Waals surface area contributed by atoms with E-state index >= 15 is 0 Å². The van der Waals surface area contributed by atoms with E-state index in [0.29, 0.717) is 23.3 Å². The highest BCUT2D eigenvalue weighted by atomic mass is 35.5. The van der Waals surface area contributed by atoms with Crippen molar-refractivity contribution < 1.29 is 9.47 Å². The van der Waals surface area contributed by atoms with Crippen LogP contribution in [0, 0.1) is 0 Å². The molecule has 0 N–H and O–H groups in total. The molecule has 2 aromatic rings. The second kappa shape index (κ2) is 6.64. The number of methoxy groups -OCH3 is 1. The SMILES string of the molecule is COc1ccc(CCl)c(OCc2ccncc2Cl)c1. The summed E-state index contributed by atoms with van der Waals surface area (Å²) in [5, 5.41) is 0.581. The van der Waals surface area contributed by atoms with Crippen LogP contribution in [0.25, 0.3) is 0 Å². The highest BCUT2D eigenvalue weighted by molar-refractivity contribution is 6.31. The predicted octanol–water partition coefficient (Wildman–Crippen LogP) is 4.06. The van der Waals surface area contributed by atoms with Crippen LogP contribution in [-0.4, -0.2) is 12.1 Å². The summed E-state index contributed by atoms with van der Waals surface area (Å²) < 4.78 is 10.9. The summed E-state index contributed by atoms with van der Waals surface area (Å²) in [7, 11) is 1.61. The molecule has 100 valence electrons. The monoisotopic (exact) mass is 297 g/mol. The number of ether oxygens (including phenoxy) is 2. The van der Waals surface area contributed by atoms with Crippen molar-refractivity contribution in [1.29, 1.82) is 0 Å². The Kier molecular flexibility index (Phi) is 4.88. The molecular formula is C14H13Cl2NO2. The van der Waals surface area contributed by atoms with Gasteiger partial charge in [-0.2, -0.15) is 0 Å². The molecule has 0 saturated carbocycles. The van der Waals surface area contributed by atoms with E-state index in [9.17, 15) is 0 Å². The van der Waals surface area contributed by atoms with Gasteiger partial charge in [0.2, 0.25) is 0 Å². The van der Waals surface area contributed by atoms with Crippen molar-refractivity contribution in [2.24, 2.45) is 0 Å². The molecule has 0 saturated heterocycles. The summed E-state index contributed by atoms with van der Waals surface area (Å²) in [4.78, 5) is 3.93. The summed E-state index contributed by atoms with van der Waals surface area (Å²) in [6.45, 7) is 0.360. The molecule has 0 aliphatic carbocycles. The molecule has 5 heteroatoms. The van der Waals surface area contributed by atoms with Crippen molar-refractivity contribution >= 4 is 23.2 Å². The third-order valence-electron chi connectivity index (χ3n) is 2.66. The normalized spacial score (nSPS) is 10.3. The number of aromatic nitrogens is 1.